The molecule has 0 bridgehead atoms. The summed E-state index contributed by atoms with van der Waals surface area (Å²) in [6.07, 6.45) is 0. The van der Waals surface area contributed by atoms with Gasteiger partial charge in [-0.05, 0) is 0 Å². The molecule has 1 fully saturated rings. The van der Waals surface area contributed by atoms with E-state index in [0.717, 1.165) is 0 Å². The first-order valence-corrected chi connectivity index (χ1v) is 6.43. The van der Waals surface area contributed by atoms with Crippen LogP contribution >= 0.6 is 23.2 Å². The molecule has 0 saturated carbocycles. The fraction of sp³-hybridized carbons (Fsp3) is 0.833. The summed E-state index contributed by atoms with van der Waals surface area (Å²) in [4.78, 5) is 10.8. The van der Waals surface area contributed by atoms with Crippen LogP contribution in [0.25, 0.3) is 0 Å². The van der Waals surface area contributed by atoms with Crippen molar-refractivity contribution in [1.29, 1.82) is 0 Å². The second kappa shape index (κ2) is 4.02. The highest BCUT2D eigenvalue weighted by Crippen LogP contribution is 2.17. The number of sulfone groups is 1. The Morgan fingerprint density at radius 1 is 1.46 bits per heavy atom. The lowest BCUT2D eigenvalue weighted by Gasteiger charge is -2.12. The monoisotopic (exact) mass is 245 g/mol. The van der Waals surface area contributed by atoms with Crippen molar-refractivity contribution < 1.29 is 13.2 Å². The van der Waals surface area contributed by atoms with Crippen LogP contribution in [0.5, 0.6) is 0 Å². The predicted octanol–water partition coefficient (Wildman–Crippen LogP) is -0.254. The van der Waals surface area contributed by atoms with Crippen molar-refractivity contribution >= 4 is 38.9 Å². The van der Waals surface area contributed by atoms with Crippen LogP contribution in [0.1, 0.15) is 0 Å². The van der Waals surface area contributed by atoms with Gasteiger partial charge >= 0.3 is 0 Å². The number of carbonyl (C=O) groups is 1. The molecule has 1 rings (SSSR count). The highest BCUT2D eigenvalue weighted by Gasteiger charge is 2.36. The largest absolute Gasteiger partial charge is 0.350 e. The lowest BCUT2D eigenvalue weighted by Crippen LogP contribution is -2.41. The molecule has 1 saturated heterocycles. The first-order chi connectivity index (χ1) is 5.94. The van der Waals surface area contributed by atoms with Gasteiger partial charge in [-0.25, -0.2) is 8.42 Å². The van der Waals surface area contributed by atoms with Gasteiger partial charge in [-0.1, -0.05) is 0 Å². The van der Waals surface area contributed by atoms with Gasteiger partial charge < -0.3 is 5.32 Å². The van der Waals surface area contributed by atoms with Gasteiger partial charge in [0.2, 0.25) is 5.91 Å². The van der Waals surface area contributed by atoms with Crippen molar-refractivity contribution in [3.8, 4) is 0 Å². The molecule has 2 atom stereocenters. The van der Waals surface area contributed by atoms with E-state index in [1.807, 2.05) is 0 Å². The van der Waals surface area contributed by atoms with Gasteiger partial charge in [0.05, 0.1) is 22.9 Å². The third-order valence-corrected chi connectivity index (χ3v) is 4.37. The van der Waals surface area contributed by atoms with Gasteiger partial charge in [-0.2, -0.15) is 0 Å². The number of hydrogen-bond donors (Lipinski definition) is 1. The molecule has 1 aliphatic rings. The fourth-order valence-electron chi connectivity index (χ4n) is 1.18. The molecule has 0 unspecified atom stereocenters. The van der Waals surface area contributed by atoms with Crippen molar-refractivity contribution in [2.45, 2.75) is 11.4 Å². The topological polar surface area (TPSA) is 63.2 Å². The van der Waals surface area contributed by atoms with E-state index in [-0.39, 0.29) is 17.4 Å². The summed E-state index contributed by atoms with van der Waals surface area (Å²) >= 11 is 11.0. The summed E-state index contributed by atoms with van der Waals surface area (Å²) < 4.78 is 22.1. The van der Waals surface area contributed by atoms with Crippen LogP contribution in [0.4, 0.5) is 0 Å². The van der Waals surface area contributed by atoms with E-state index in [9.17, 15) is 13.2 Å². The summed E-state index contributed by atoms with van der Waals surface area (Å²) in [5, 5.41) is 1.91. The molecule has 0 radical (unpaired) electrons. The molecule has 76 valence electrons. The van der Waals surface area contributed by atoms with E-state index in [0.29, 0.717) is 0 Å². The molecule has 1 N–H and O–H groups in total. The maximum atomic E-state index is 11.1. The Balaban J connectivity index is 2.59. The Morgan fingerprint density at radius 3 is 2.46 bits per heavy atom. The molecule has 1 aliphatic heterocycles. The molecule has 7 heteroatoms. The molecule has 4 nitrogen and oxygen atoms in total. The lowest BCUT2D eigenvalue weighted by atomic mass is 10.2. The third kappa shape index (κ3) is 3.00. The van der Waals surface area contributed by atoms with E-state index in [1.165, 1.54) is 0 Å². The summed E-state index contributed by atoms with van der Waals surface area (Å²) in [6, 6.07) is -0.502. The zero-order valence-corrected chi connectivity index (χ0v) is 8.99. The fourth-order valence-corrected chi connectivity index (χ4v) is 3.81. The molecular formula is C6H9Cl2NO3S. The number of amides is 1. The minimum Gasteiger partial charge on any atom is -0.350 e. The number of hydrogen-bond acceptors (Lipinski definition) is 3. The average molecular weight is 246 g/mol. The minimum atomic E-state index is -3.09. The van der Waals surface area contributed by atoms with Gasteiger partial charge in [0.15, 0.2) is 9.84 Å². The van der Waals surface area contributed by atoms with Crippen LogP contribution in [-0.2, 0) is 14.6 Å². The van der Waals surface area contributed by atoms with E-state index >= 15 is 0 Å². The van der Waals surface area contributed by atoms with Crippen molar-refractivity contribution in [3.63, 3.8) is 0 Å². The maximum Gasteiger partial charge on any atom is 0.235 e. The van der Waals surface area contributed by atoms with Crippen molar-refractivity contribution in [1.82, 2.24) is 5.32 Å². The van der Waals surface area contributed by atoms with Gasteiger partial charge in [0, 0.05) is 0 Å². The van der Waals surface area contributed by atoms with Gasteiger partial charge in [-0.3, -0.25) is 4.79 Å². The summed E-state index contributed by atoms with van der Waals surface area (Å²) in [6.45, 7) is 0. The highest BCUT2D eigenvalue weighted by atomic mass is 35.5. The Hall–Kier alpha value is -0.000000000000000111. The predicted molar refractivity (Wildman–Crippen MR) is 50.9 cm³/mol. The number of nitrogens with one attached hydrogen (secondary N) is 1. The van der Waals surface area contributed by atoms with E-state index < -0.39 is 27.2 Å². The smallest absolute Gasteiger partial charge is 0.235 e. The van der Waals surface area contributed by atoms with E-state index in [1.54, 1.807) is 0 Å². The zero-order valence-electron chi connectivity index (χ0n) is 6.66. The highest BCUT2D eigenvalue weighted by molar-refractivity contribution is 7.91. The molecule has 1 heterocycles. The van der Waals surface area contributed by atoms with Gasteiger partial charge in [0.25, 0.3) is 0 Å². The molecule has 0 spiro atoms. The third-order valence-electron chi connectivity index (χ3n) is 1.75. The molecule has 13 heavy (non-hydrogen) atoms. The van der Waals surface area contributed by atoms with Gasteiger partial charge in [0.1, 0.15) is 5.88 Å². The van der Waals surface area contributed by atoms with Crippen molar-refractivity contribution in [3.05, 3.63) is 0 Å². The minimum absolute atomic E-state index is 0.0816. The molecular weight excluding hydrogens is 237 g/mol. The van der Waals surface area contributed by atoms with E-state index in [2.05, 4.69) is 5.32 Å². The number of carbonyl (C=O) groups excluding carboxylic acids is 1. The Morgan fingerprint density at radius 2 is 2.08 bits per heavy atom. The van der Waals surface area contributed by atoms with Crippen molar-refractivity contribution in [2.75, 3.05) is 17.4 Å². The standard InChI is InChI=1S/C6H9Cl2NO3S/c7-1-6(10)9-5-3-13(11,12)2-4(5)8/h4-5H,1-3H2,(H,9,10)/t4-,5-/m0/s1. The second-order valence-electron chi connectivity index (χ2n) is 2.90. The number of alkyl halides is 2. The second-order valence-corrected chi connectivity index (χ2v) is 5.88. The quantitative estimate of drug-likeness (QED) is 0.683. The van der Waals surface area contributed by atoms with Gasteiger partial charge in [-0.15, -0.1) is 23.2 Å². The Bertz CT molecular complexity index is 303. The number of halogens is 2. The molecule has 0 aromatic carbocycles. The summed E-state index contributed by atoms with van der Waals surface area (Å²) in [5.41, 5.74) is 0. The zero-order chi connectivity index (χ0) is 10.1. The van der Waals surface area contributed by atoms with Crippen molar-refractivity contribution in [2.24, 2.45) is 0 Å². The summed E-state index contributed by atoms with van der Waals surface area (Å²) in [7, 11) is -3.09. The van der Waals surface area contributed by atoms with Crippen LogP contribution in [0, 0.1) is 0 Å². The first kappa shape index (κ1) is 11.1. The van der Waals surface area contributed by atoms with Crippen LogP contribution in [0.15, 0.2) is 0 Å². The molecule has 0 aromatic heterocycles. The van der Waals surface area contributed by atoms with Crippen LogP contribution in [-0.4, -0.2) is 43.1 Å². The summed E-state index contributed by atoms with van der Waals surface area (Å²) in [5.74, 6) is -0.749. The number of rotatable bonds is 2. The molecule has 1 amide bonds. The first-order valence-electron chi connectivity index (χ1n) is 3.64. The average Bonchev–Trinajstić information content (AvgIpc) is 2.24. The lowest BCUT2D eigenvalue weighted by molar-refractivity contribution is -0.119. The van der Waals surface area contributed by atoms with Crippen LogP contribution in [0.3, 0.4) is 0 Å². The van der Waals surface area contributed by atoms with Crippen LogP contribution in [0.2, 0.25) is 0 Å². The normalized spacial score (nSPS) is 31.5. The maximum absolute atomic E-state index is 11.1. The van der Waals surface area contributed by atoms with Crippen LogP contribution < -0.4 is 5.32 Å². The molecule has 0 aliphatic carbocycles. The Labute approximate surface area is 86.5 Å². The molecule has 0 aromatic rings. The SMILES string of the molecule is O=C(CCl)N[C@H]1CS(=O)(=O)C[C@@H]1Cl. The van der Waals surface area contributed by atoms with E-state index in [4.69, 9.17) is 23.2 Å². The Kier molecular flexibility index (Phi) is 3.43.